The fourth-order valence-corrected chi connectivity index (χ4v) is 2.51. The number of ether oxygens (including phenoxy) is 1. The van der Waals surface area contributed by atoms with Crippen molar-refractivity contribution >= 4 is 21.8 Å². The van der Waals surface area contributed by atoms with Crippen molar-refractivity contribution in [3.63, 3.8) is 0 Å². The molecular weight excluding hydrogens is 310 g/mol. The zero-order valence-corrected chi connectivity index (χ0v) is 12.5. The van der Waals surface area contributed by atoms with E-state index in [0.29, 0.717) is 17.2 Å². The summed E-state index contributed by atoms with van der Waals surface area (Å²) in [6.45, 7) is 2.51. The lowest BCUT2D eigenvalue weighted by Crippen LogP contribution is -2.30. The molecule has 0 spiro atoms. The topological polar surface area (TPSA) is 58.6 Å². The molecule has 0 atom stereocenters. The van der Waals surface area contributed by atoms with E-state index in [0.717, 1.165) is 16.6 Å². The first kappa shape index (κ1) is 14.3. The lowest BCUT2D eigenvalue weighted by Gasteiger charge is -2.13. The van der Waals surface area contributed by atoms with E-state index in [2.05, 4.69) is 21.2 Å². The van der Waals surface area contributed by atoms with Crippen molar-refractivity contribution in [1.82, 2.24) is 5.32 Å². The molecule has 0 bridgehead atoms. The molecule has 0 aliphatic heterocycles. The minimum atomic E-state index is -0.113. The van der Waals surface area contributed by atoms with Gasteiger partial charge in [-0.15, -0.1) is 0 Å². The van der Waals surface area contributed by atoms with E-state index in [1.807, 2.05) is 13.0 Å². The number of aliphatic hydroxyl groups is 1. The van der Waals surface area contributed by atoms with E-state index in [1.165, 1.54) is 12.8 Å². The quantitative estimate of drug-likeness (QED) is 0.841. The van der Waals surface area contributed by atoms with Crippen LogP contribution >= 0.6 is 15.9 Å². The van der Waals surface area contributed by atoms with E-state index < -0.39 is 0 Å². The van der Waals surface area contributed by atoms with Crippen LogP contribution in [0.1, 0.15) is 24.0 Å². The number of nitrogens with one attached hydrogen (secondary N) is 1. The fraction of sp³-hybridized carbons (Fsp3) is 0.500. The van der Waals surface area contributed by atoms with Crippen molar-refractivity contribution in [2.45, 2.75) is 26.4 Å². The molecule has 0 unspecified atom stereocenters. The molecule has 19 heavy (non-hydrogen) atoms. The average Bonchev–Trinajstić information content (AvgIpc) is 3.18. The van der Waals surface area contributed by atoms with Crippen LogP contribution in [-0.2, 0) is 11.4 Å². The molecule has 2 rings (SSSR count). The molecule has 0 heterocycles. The Morgan fingerprint density at radius 3 is 2.89 bits per heavy atom. The maximum absolute atomic E-state index is 11.6. The standard InChI is InChI=1S/C14H18BrNO3/c1-9-4-12(15)5-11(7-17)14(9)19-8-13(18)16-6-10-2-3-10/h4-5,10,17H,2-3,6-8H2,1H3,(H,16,18). The van der Waals surface area contributed by atoms with Gasteiger partial charge in [0, 0.05) is 16.6 Å². The van der Waals surface area contributed by atoms with Crippen molar-refractivity contribution in [2.24, 2.45) is 5.92 Å². The van der Waals surface area contributed by atoms with E-state index in [1.54, 1.807) is 6.07 Å². The van der Waals surface area contributed by atoms with Gasteiger partial charge in [0.1, 0.15) is 5.75 Å². The van der Waals surface area contributed by atoms with Gasteiger partial charge in [0.15, 0.2) is 6.61 Å². The number of carbonyl (C=O) groups excluding carboxylic acids is 1. The SMILES string of the molecule is Cc1cc(Br)cc(CO)c1OCC(=O)NCC1CC1. The molecule has 1 aromatic carbocycles. The zero-order chi connectivity index (χ0) is 13.8. The predicted octanol–water partition coefficient (Wildman–Crippen LogP) is 2.15. The van der Waals surface area contributed by atoms with Crippen molar-refractivity contribution < 1.29 is 14.6 Å². The highest BCUT2D eigenvalue weighted by atomic mass is 79.9. The van der Waals surface area contributed by atoms with Gasteiger partial charge in [0.2, 0.25) is 0 Å². The Hall–Kier alpha value is -1.07. The lowest BCUT2D eigenvalue weighted by atomic mass is 10.1. The molecule has 104 valence electrons. The Kier molecular flexibility index (Phi) is 4.82. The number of hydrogen-bond donors (Lipinski definition) is 2. The first-order chi connectivity index (χ1) is 9.10. The van der Waals surface area contributed by atoms with Crippen LogP contribution in [0.3, 0.4) is 0 Å². The number of aliphatic hydroxyl groups excluding tert-OH is 1. The summed E-state index contributed by atoms with van der Waals surface area (Å²) in [5, 5.41) is 12.2. The number of carbonyl (C=O) groups is 1. The summed E-state index contributed by atoms with van der Waals surface area (Å²) in [5.74, 6) is 1.14. The highest BCUT2D eigenvalue weighted by Gasteiger charge is 2.21. The summed E-state index contributed by atoms with van der Waals surface area (Å²) in [7, 11) is 0. The number of benzene rings is 1. The van der Waals surface area contributed by atoms with Gasteiger partial charge in [0.05, 0.1) is 6.61 Å². The first-order valence-electron chi connectivity index (χ1n) is 6.39. The summed E-state index contributed by atoms with van der Waals surface area (Å²) in [4.78, 5) is 11.6. The largest absolute Gasteiger partial charge is 0.483 e. The summed E-state index contributed by atoms with van der Waals surface area (Å²) >= 11 is 3.37. The van der Waals surface area contributed by atoms with Crippen LogP contribution < -0.4 is 10.1 Å². The van der Waals surface area contributed by atoms with Crippen molar-refractivity contribution in [3.8, 4) is 5.75 Å². The zero-order valence-electron chi connectivity index (χ0n) is 10.9. The highest BCUT2D eigenvalue weighted by molar-refractivity contribution is 9.10. The molecule has 1 saturated carbocycles. The van der Waals surface area contributed by atoms with Crippen molar-refractivity contribution in [3.05, 3.63) is 27.7 Å². The molecule has 0 radical (unpaired) electrons. The third-order valence-corrected chi connectivity index (χ3v) is 3.58. The Labute approximate surface area is 121 Å². The second-order valence-corrected chi connectivity index (χ2v) is 5.82. The molecule has 1 aliphatic rings. The van der Waals surface area contributed by atoms with E-state index in [-0.39, 0.29) is 19.1 Å². The second-order valence-electron chi connectivity index (χ2n) is 4.91. The van der Waals surface area contributed by atoms with Gasteiger partial charge < -0.3 is 15.2 Å². The van der Waals surface area contributed by atoms with E-state index >= 15 is 0 Å². The highest BCUT2D eigenvalue weighted by Crippen LogP contribution is 2.28. The summed E-state index contributed by atoms with van der Waals surface area (Å²) in [6.07, 6.45) is 2.42. The number of amides is 1. The lowest BCUT2D eigenvalue weighted by molar-refractivity contribution is -0.123. The van der Waals surface area contributed by atoms with Crippen LogP contribution in [0.5, 0.6) is 5.75 Å². The van der Waals surface area contributed by atoms with Gasteiger partial charge in [0.25, 0.3) is 5.91 Å². The smallest absolute Gasteiger partial charge is 0.257 e. The minimum Gasteiger partial charge on any atom is -0.483 e. The van der Waals surface area contributed by atoms with E-state index in [9.17, 15) is 9.90 Å². The molecule has 5 heteroatoms. The van der Waals surface area contributed by atoms with Gasteiger partial charge in [-0.2, -0.15) is 0 Å². The molecule has 2 N–H and O–H groups in total. The third kappa shape index (κ3) is 4.21. The Balaban J connectivity index is 1.92. The molecule has 1 amide bonds. The number of rotatable bonds is 6. The molecule has 0 aromatic heterocycles. The average molecular weight is 328 g/mol. The van der Waals surface area contributed by atoms with Gasteiger partial charge in [-0.3, -0.25) is 4.79 Å². The number of halogens is 1. The van der Waals surface area contributed by atoms with Gasteiger partial charge >= 0.3 is 0 Å². The molecule has 0 saturated heterocycles. The van der Waals surface area contributed by atoms with Gasteiger partial charge in [-0.25, -0.2) is 0 Å². The number of hydrogen-bond acceptors (Lipinski definition) is 3. The van der Waals surface area contributed by atoms with Gasteiger partial charge in [-0.05, 0) is 43.4 Å². The summed E-state index contributed by atoms with van der Waals surface area (Å²) in [5.41, 5.74) is 1.58. The van der Waals surface area contributed by atoms with Crippen LogP contribution in [0.25, 0.3) is 0 Å². The maximum Gasteiger partial charge on any atom is 0.257 e. The molecule has 1 aliphatic carbocycles. The minimum absolute atomic E-state index is 0.0117. The summed E-state index contributed by atoms with van der Waals surface area (Å²) in [6, 6.07) is 3.70. The van der Waals surface area contributed by atoms with Crippen LogP contribution in [0.15, 0.2) is 16.6 Å². The third-order valence-electron chi connectivity index (χ3n) is 3.12. The molecular formula is C14H18BrNO3. The first-order valence-corrected chi connectivity index (χ1v) is 7.19. The Bertz CT molecular complexity index is 472. The van der Waals surface area contributed by atoms with Crippen LogP contribution in [0.4, 0.5) is 0 Å². The van der Waals surface area contributed by atoms with Crippen LogP contribution in [-0.4, -0.2) is 24.2 Å². The normalized spacial score (nSPS) is 14.3. The molecule has 1 aromatic rings. The fourth-order valence-electron chi connectivity index (χ4n) is 1.89. The predicted molar refractivity (Wildman–Crippen MR) is 76.0 cm³/mol. The van der Waals surface area contributed by atoms with Crippen LogP contribution in [0.2, 0.25) is 0 Å². The molecule has 1 fully saturated rings. The second kappa shape index (κ2) is 6.39. The molecule has 4 nitrogen and oxygen atoms in total. The number of aryl methyl sites for hydroxylation is 1. The van der Waals surface area contributed by atoms with Crippen LogP contribution in [0, 0.1) is 12.8 Å². The van der Waals surface area contributed by atoms with Crippen molar-refractivity contribution in [1.29, 1.82) is 0 Å². The van der Waals surface area contributed by atoms with Gasteiger partial charge in [-0.1, -0.05) is 15.9 Å². The maximum atomic E-state index is 11.6. The summed E-state index contributed by atoms with van der Waals surface area (Å²) < 4.78 is 6.42. The van der Waals surface area contributed by atoms with Crippen molar-refractivity contribution in [2.75, 3.05) is 13.2 Å². The Morgan fingerprint density at radius 1 is 1.53 bits per heavy atom. The van der Waals surface area contributed by atoms with E-state index in [4.69, 9.17) is 4.74 Å². The monoisotopic (exact) mass is 327 g/mol. The Morgan fingerprint density at radius 2 is 2.26 bits per heavy atom.